The Balaban J connectivity index is 4.19. The first-order valence-electron chi connectivity index (χ1n) is 5.78. The van der Waals surface area contributed by atoms with Gasteiger partial charge in [0.25, 0.3) is 0 Å². The summed E-state index contributed by atoms with van der Waals surface area (Å²) in [7, 11) is 0. The molecule has 102 valence electrons. The van der Waals surface area contributed by atoms with Gasteiger partial charge in [0, 0.05) is 4.43 Å². The molecule has 0 aromatic heterocycles. The van der Waals surface area contributed by atoms with E-state index in [-0.39, 0.29) is 11.7 Å². The van der Waals surface area contributed by atoms with Gasteiger partial charge in [-0.2, -0.15) is 0 Å². The summed E-state index contributed by atoms with van der Waals surface area (Å²) in [5, 5.41) is 2.75. The molecule has 5 heteroatoms. The SMILES string of the molecule is CC(C)OC(C)(CI)CNC(=O)OC(C)(C)C. The quantitative estimate of drug-likeness (QED) is 0.608. The number of nitrogens with one attached hydrogen (secondary N) is 1. The lowest BCUT2D eigenvalue weighted by molar-refractivity contribution is -0.0496. The summed E-state index contributed by atoms with van der Waals surface area (Å²) in [4.78, 5) is 11.5. The molecule has 4 nitrogen and oxygen atoms in total. The van der Waals surface area contributed by atoms with Gasteiger partial charge >= 0.3 is 6.09 Å². The van der Waals surface area contributed by atoms with E-state index in [1.165, 1.54) is 0 Å². The fraction of sp³-hybridized carbons (Fsp3) is 0.917. The molecule has 0 aliphatic rings. The third-order valence-electron chi connectivity index (χ3n) is 1.81. The predicted octanol–water partition coefficient (Wildman–Crippen LogP) is 3.13. The van der Waals surface area contributed by atoms with E-state index in [1.54, 1.807) is 0 Å². The molecule has 17 heavy (non-hydrogen) atoms. The summed E-state index contributed by atoms with van der Waals surface area (Å²) in [5.41, 5.74) is -0.824. The van der Waals surface area contributed by atoms with E-state index in [0.29, 0.717) is 6.54 Å². The molecule has 0 aliphatic carbocycles. The second kappa shape index (κ2) is 6.78. The molecule has 0 bridgehead atoms. The van der Waals surface area contributed by atoms with E-state index in [9.17, 15) is 4.79 Å². The highest BCUT2D eigenvalue weighted by Gasteiger charge is 2.27. The van der Waals surface area contributed by atoms with Gasteiger partial charge in [0.2, 0.25) is 0 Å². The van der Waals surface area contributed by atoms with Crippen molar-refractivity contribution in [3.63, 3.8) is 0 Å². The van der Waals surface area contributed by atoms with Crippen molar-refractivity contribution in [2.24, 2.45) is 0 Å². The summed E-state index contributed by atoms with van der Waals surface area (Å²) in [5.74, 6) is 0. The summed E-state index contributed by atoms with van der Waals surface area (Å²) in [6.45, 7) is 11.9. The van der Waals surface area contributed by atoms with Crippen molar-refractivity contribution in [2.45, 2.75) is 58.8 Å². The molecule has 1 unspecified atom stereocenters. The number of carbonyl (C=O) groups is 1. The van der Waals surface area contributed by atoms with Crippen LogP contribution in [0.1, 0.15) is 41.5 Å². The number of ether oxygens (including phenoxy) is 2. The van der Waals surface area contributed by atoms with Crippen molar-refractivity contribution in [3.05, 3.63) is 0 Å². The molecular formula is C12H24INO3. The van der Waals surface area contributed by atoms with Gasteiger partial charge in [-0.3, -0.25) is 0 Å². The lowest BCUT2D eigenvalue weighted by Gasteiger charge is -2.30. The molecule has 0 aromatic rings. The van der Waals surface area contributed by atoms with Crippen molar-refractivity contribution in [1.82, 2.24) is 5.32 Å². The second-order valence-electron chi connectivity index (χ2n) is 5.61. The van der Waals surface area contributed by atoms with Crippen LogP contribution in [0, 0.1) is 0 Å². The molecule has 0 heterocycles. The first-order chi connectivity index (χ1) is 7.58. The van der Waals surface area contributed by atoms with Gasteiger partial charge in [-0.05, 0) is 41.5 Å². The molecule has 0 radical (unpaired) electrons. The van der Waals surface area contributed by atoms with Crippen molar-refractivity contribution < 1.29 is 14.3 Å². The summed E-state index contributed by atoms with van der Waals surface area (Å²) < 4.78 is 11.8. The third-order valence-corrected chi connectivity index (χ3v) is 3.42. The van der Waals surface area contributed by atoms with E-state index < -0.39 is 11.7 Å². The van der Waals surface area contributed by atoms with E-state index in [1.807, 2.05) is 41.5 Å². The number of hydrogen-bond acceptors (Lipinski definition) is 3. The summed E-state index contributed by atoms with van der Waals surface area (Å²) in [6, 6.07) is 0. The van der Waals surface area contributed by atoms with Crippen molar-refractivity contribution >= 4 is 28.7 Å². The van der Waals surface area contributed by atoms with Crippen molar-refractivity contribution in [3.8, 4) is 0 Å². The molecule has 0 aliphatic heterocycles. The minimum absolute atomic E-state index is 0.134. The van der Waals surface area contributed by atoms with Crippen LogP contribution in [0.4, 0.5) is 4.79 Å². The van der Waals surface area contributed by atoms with E-state index in [2.05, 4.69) is 27.9 Å². The Hall–Kier alpha value is -0.0400. The maximum absolute atomic E-state index is 11.5. The number of carbonyl (C=O) groups excluding carboxylic acids is 1. The Morgan fingerprint density at radius 3 is 2.18 bits per heavy atom. The van der Waals surface area contributed by atoms with Gasteiger partial charge < -0.3 is 14.8 Å². The Morgan fingerprint density at radius 1 is 1.29 bits per heavy atom. The van der Waals surface area contributed by atoms with Crippen LogP contribution in [0.15, 0.2) is 0 Å². The van der Waals surface area contributed by atoms with E-state index >= 15 is 0 Å². The standard InChI is InChI=1S/C12H24INO3/c1-9(2)16-12(6,7-13)8-14-10(15)17-11(3,4)5/h9H,7-8H2,1-6H3,(H,14,15). The smallest absolute Gasteiger partial charge is 0.407 e. The minimum Gasteiger partial charge on any atom is -0.444 e. The van der Waals surface area contributed by atoms with Gasteiger partial charge in [0.15, 0.2) is 0 Å². The highest BCUT2D eigenvalue weighted by Crippen LogP contribution is 2.16. The topological polar surface area (TPSA) is 47.6 Å². The summed E-state index contributed by atoms with van der Waals surface area (Å²) >= 11 is 2.26. The molecule has 1 amide bonds. The fourth-order valence-corrected chi connectivity index (χ4v) is 1.71. The molecule has 1 N–H and O–H groups in total. The molecule has 0 fully saturated rings. The van der Waals surface area contributed by atoms with Crippen LogP contribution in [0.25, 0.3) is 0 Å². The zero-order chi connectivity index (χ0) is 13.7. The Labute approximate surface area is 118 Å². The molecule has 0 spiro atoms. The average molecular weight is 357 g/mol. The Morgan fingerprint density at radius 2 is 1.82 bits per heavy atom. The number of rotatable bonds is 5. The van der Waals surface area contributed by atoms with Gasteiger partial charge in [0.1, 0.15) is 5.60 Å². The molecule has 0 rings (SSSR count). The molecule has 1 atom stereocenters. The largest absolute Gasteiger partial charge is 0.444 e. The van der Waals surface area contributed by atoms with Crippen LogP contribution in [-0.2, 0) is 9.47 Å². The van der Waals surface area contributed by atoms with E-state index in [4.69, 9.17) is 9.47 Å². The molecule has 0 saturated heterocycles. The second-order valence-corrected chi connectivity index (χ2v) is 6.37. The van der Waals surface area contributed by atoms with Crippen LogP contribution in [0.3, 0.4) is 0 Å². The minimum atomic E-state index is -0.469. The van der Waals surface area contributed by atoms with Gasteiger partial charge in [0.05, 0.1) is 18.2 Å². The van der Waals surface area contributed by atoms with Crippen LogP contribution in [-0.4, -0.2) is 34.4 Å². The molecule has 0 saturated carbocycles. The predicted molar refractivity (Wildman–Crippen MR) is 77.7 cm³/mol. The lowest BCUT2D eigenvalue weighted by Crippen LogP contribution is -2.46. The van der Waals surface area contributed by atoms with Crippen molar-refractivity contribution in [1.29, 1.82) is 0 Å². The normalized spacial score (nSPS) is 15.5. The number of alkyl halides is 1. The zero-order valence-corrected chi connectivity index (χ0v) is 13.8. The maximum atomic E-state index is 11.5. The monoisotopic (exact) mass is 357 g/mol. The van der Waals surface area contributed by atoms with Gasteiger partial charge in [-0.1, -0.05) is 22.6 Å². The zero-order valence-electron chi connectivity index (χ0n) is 11.6. The number of amides is 1. The van der Waals surface area contributed by atoms with Gasteiger partial charge in [-0.15, -0.1) is 0 Å². The van der Waals surface area contributed by atoms with Crippen LogP contribution < -0.4 is 5.32 Å². The lowest BCUT2D eigenvalue weighted by atomic mass is 10.1. The van der Waals surface area contributed by atoms with Crippen molar-refractivity contribution in [2.75, 3.05) is 11.0 Å². The van der Waals surface area contributed by atoms with Crippen LogP contribution in [0.5, 0.6) is 0 Å². The molecule has 0 aromatic carbocycles. The van der Waals surface area contributed by atoms with Gasteiger partial charge in [-0.25, -0.2) is 4.79 Å². The number of alkyl carbamates (subject to hydrolysis) is 1. The number of hydrogen-bond donors (Lipinski definition) is 1. The first kappa shape index (κ1) is 17.0. The van der Waals surface area contributed by atoms with E-state index in [0.717, 1.165) is 4.43 Å². The third kappa shape index (κ3) is 8.65. The highest BCUT2D eigenvalue weighted by molar-refractivity contribution is 14.1. The highest BCUT2D eigenvalue weighted by atomic mass is 127. The maximum Gasteiger partial charge on any atom is 0.407 e. The Bertz CT molecular complexity index is 251. The van der Waals surface area contributed by atoms with Crippen LogP contribution in [0.2, 0.25) is 0 Å². The molecular weight excluding hydrogens is 333 g/mol. The average Bonchev–Trinajstić information content (AvgIpc) is 2.11. The Kier molecular flexibility index (Phi) is 6.76. The number of halogens is 1. The summed E-state index contributed by atoms with van der Waals surface area (Å²) in [6.07, 6.45) is -0.267. The fourth-order valence-electron chi connectivity index (χ4n) is 1.26. The van der Waals surface area contributed by atoms with Crippen LogP contribution >= 0.6 is 22.6 Å². The first-order valence-corrected chi connectivity index (χ1v) is 7.31.